The number of likely N-dealkylation sites (N-methyl/N-ethyl adjacent to an activating group) is 1. The minimum atomic E-state index is 0.541. The number of aromatic nitrogens is 3. The average molecular weight is 310 g/mol. The molecule has 2 aromatic rings. The molecule has 0 radical (unpaired) electrons. The second-order valence-corrected chi connectivity index (χ2v) is 5.75. The van der Waals surface area contributed by atoms with Crippen LogP contribution in [0.15, 0.2) is 16.7 Å². The summed E-state index contributed by atoms with van der Waals surface area (Å²) in [7, 11) is 2.16. The molecule has 0 unspecified atom stereocenters. The van der Waals surface area contributed by atoms with Crippen LogP contribution in [-0.4, -0.2) is 39.1 Å². The fourth-order valence-corrected chi connectivity index (χ4v) is 2.50. The SMILES string of the molecule is CN(CCn1c(N)nc2cc(Br)cnc21)C1CC1. The Morgan fingerprint density at radius 1 is 1.56 bits per heavy atom. The summed E-state index contributed by atoms with van der Waals surface area (Å²) in [4.78, 5) is 11.1. The summed E-state index contributed by atoms with van der Waals surface area (Å²) < 4.78 is 2.91. The summed E-state index contributed by atoms with van der Waals surface area (Å²) in [5.74, 6) is 0.541. The zero-order valence-corrected chi connectivity index (χ0v) is 11.9. The summed E-state index contributed by atoms with van der Waals surface area (Å²) in [6, 6.07) is 2.71. The number of anilines is 1. The van der Waals surface area contributed by atoms with Crippen LogP contribution in [0.4, 0.5) is 5.95 Å². The van der Waals surface area contributed by atoms with E-state index in [1.54, 1.807) is 6.20 Å². The number of imidazole rings is 1. The molecule has 0 aromatic carbocycles. The lowest BCUT2D eigenvalue weighted by Gasteiger charge is -2.16. The first-order chi connectivity index (χ1) is 8.65. The zero-order chi connectivity index (χ0) is 12.7. The molecule has 1 fully saturated rings. The van der Waals surface area contributed by atoms with E-state index in [0.717, 1.165) is 34.8 Å². The van der Waals surface area contributed by atoms with E-state index in [0.29, 0.717) is 5.95 Å². The van der Waals surface area contributed by atoms with E-state index in [4.69, 9.17) is 5.73 Å². The highest BCUT2D eigenvalue weighted by Gasteiger charge is 2.25. The Morgan fingerprint density at radius 3 is 3.06 bits per heavy atom. The van der Waals surface area contributed by atoms with Crippen molar-refractivity contribution in [3.63, 3.8) is 0 Å². The second kappa shape index (κ2) is 4.51. The molecule has 0 atom stereocenters. The lowest BCUT2D eigenvalue weighted by Crippen LogP contribution is -2.25. The summed E-state index contributed by atoms with van der Waals surface area (Å²) in [6.45, 7) is 1.82. The Kier molecular flexibility index (Phi) is 2.99. The molecule has 96 valence electrons. The van der Waals surface area contributed by atoms with Gasteiger partial charge in [-0.15, -0.1) is 0 Å². The van der Waals surface area contributed by atoms with Gasteiger partial charge in [0, 0.05) is 29.8 Å². The maximum atomic E-state index is 5.96. The maximum Gasteiger partial charge on any atom is 0.202 e. The van der Waals surface area contributed by atoms with E-state index in [9.17, 15) is 0 Å². The topological polar surface area (TPSA) is 60.0 Å². The molecular weight excluding hydrogens is 294 g/mol. The van der Waals surface area contributed by atoms with Crippen molar-refractivity contribution in [1.29, 1.82) is 0 Å². The molecule has 1 aliphatic rings. The van der Waals surface area contributed by atoms with Crippen molar-refractivity contribution in [2.24, 2.45) is 0 Å². The van der Waals surface area contributed by atoms with Gasteiger partial charge in [-0.2, -0.15) is 0 Å². The minimum absolute atomic E-state index is 0.541. The molecule has 2 N–H and O–H groups in total. The minimum Gasteiger partial charge on any atom is -0.369 e. The van der Waals surface area contributed by atoms with E-state index in [-0.39, 0.29) is 0 Å². The normalized spacial score (nSPS) is 15.7. The molecule has 0 saturated heterocycles. The predicted molar refractivity (Wildman–Crippen MR) is 75.3 cm³/mol. The summed E-state index contributed by atoms with van der Waals surface area (Å²) in [6.07, 6.45) is 4.42. The van der Waals surface area contributed by atoms with E-state index >= 15 is 0 Å². The Bertz CT molecular complexity index is 575. The summed E-state index contributed by atoms with van der Waals surface area (Å²) in [5, 5.41) is 0. The molecule has 1 aliphatic carbocycles. The van der Waals surface area contributed by atoms with Gasteiger partial charge in [-0.05, 0) is 41.9 Å². The van der Waals surface area contributed by atoms with Crippen LogP contribution in [0, 0.1) is 0 Å². The Hall–Kier alpha value is -1.14. The van der Waals surface area contributed by atoms with Crippen LogP contribution < -0.4 is 5.73 Å². The number of pyridine rings is 1. The van der Waals surface area contributed by atoms with Gasteiger partial charge < -0.3 is 10.6 Å². The van der Waals surface area contributed by atoms with Crippen molar-refractivity contribution in [2.75, 3.05) is 19.3 Å². The lowest BCUT2D eigenvalue weighted by atomic mass is 10.4. The molecular formula is C12H16BrN5. The number of hydrogen-bond donors (Lipinski definition) is 1. The van der Waals surface area contributed by atoms with Crippen LogP contribution in [0.1, 0.15) is 12.8 Å². The molecule has 2 heterocycles. The Labute approximate surface area is 114 Å². The number of nitrogens with zero attached hydrogens (tertiary/aromatic N) is 4. The third-order valence-electron chi connectivity index (χ3n) is 3.43. The van der Waals surface area contributed by atoms with Crippen LogP contribution in [-0.2, 0) is 6.54 Å². The van der Waals surface area contributed by atoms with Crippen LogP contribution >= 0.6 is 15.9 Å². The number of hydrogen-bond acceptors (Lipinski definition) is 4. The van der Waals surface area contributed by atoms with E-state index in [1.165, 1.54) is 12.8 Å². The fourth-order valence-electron chi connectivity index (χ4n) is 2.18. The van der Waals surface area contributed by atoms with E-state index in [1.807, 2.05) is 10.6 Å². The third-order valence-corrected chi connectivity index (χ3v) is 3.86. The average Bonchev–Trinajstić information content (AvgIpc) is 3.11. The zero-order valence-electron chi connectivity index (χ0n) is 10.3. The predicted octanol–water partition coefficient (Wildman–Crippen LogP) is 1.87. The van der Waals surface area contributed by atoms with Crippen molar-refractivity contribution in [1.82, 2.24) is 19.4 Å². The highest BCUT2D eigenvalue weighted by molar-refractivity contribution is 9.10. The van der Waals surface area contributed by atoms with Crippen molar-refractivity contribution in [3.8, 4) is 0 Å². The van der Waals surface area contributed by atoms with Gasteiger partial charge in [0.2, 0.25) is 5.95 Å². The standard InChI is InChI=1S/C12H16BrN5/c1-17(9-2-3-9)4-5-18-11-10(16-12(18)14)6-8(13)7-15-11/h6-7,9H,2-5H2,1H3,(H2,14,16). The van der Waals surface area contributed by atoms with Crippen molar-refractivity contribution in [2.45, 2.75) is 25.4 Å². The van der Waals surface area contributed by atoms with Gasteiger partial charge in [-0.3, -0.25) is 4.57 Å². The molecule has 0 spiro atoms. The van der Waals surface area contributed by atoms with Gasteiger partial charge in [0.15, 0.2) is 5.65 Å². The smallest absolute Gasteiger partial charge is 0.202 e. The van der Waals surface area contributed by atoms with Crippen LogP contribution in [0.25, 0.3) is 11.2 Å². The van der Waals surface area contributed by atoms with Crippen LogP contribution in [0.3, 0.4) is 0 Å². The largest absolute Gasteiger partial charge is 0.369 e. The number of nitrogen functional groups attached to an aromatic ring is 1. The molecule has 6 heteroatoms. The Morgan fingerprint density at radius 2 is 2.33 bits per heavy atom. The molecule has 0 bridgehead atoms. The number of rotatable bonds is 4. The molecule has 5 nitrogen and oxygen atoms in total. The number of nitrogens with two attached hydrogens (primary N) is 1. The van der Waals surface area contributed by atoms with Gasteiger partial charge in [0.1, 0.15) is 5.52 Å². The van der Waals surface area contributed by atoms with Crippen LogP contribution in [0.2, 0.25) is 0 Å². The van der Waals surface area contributed by atoms with Gasteiger partial charge in [0.25, 0.3) is 0 Å². The van der Waals surface area contributed by atoms with Gasteiger partial charge in [0.05, 0.1) is 0 Å². The number of halogens is 1. The molecule has 3 rings (SSSR count). The number of fused-ring (bicyclic) bond motifs is 1. The van der Waals surface area contributed by atoms with Gasteiger partial charge >= 0.3 is 0 Å². The van der Waals surface area contributed by atoms with Gasteiger partial charge in [-0.25, -0.2) is 9.97 Å². The van der Waals surface area contributed by atoms with Crippen molar-refractivity contribution in [3.05, 3.63) is 16.7 Å². The second-order valence-electron chi connectivity index (χ2n) is 4.83. The van der Waals surface area contributed by atoms with Crippen molar-refractivity contribution < 1.29 is 0 Å². The molecule has 0 amide bonds. The maximum absolute atomic E-state index is 5.96. The van der Waals surface area contributed by atoms with E-state index in [2.05, 4.69) is 37.8 Å². The highest BCUT2D eigenvalue weighted by atomic mass is 79.9. The monoisotopic (exact) mass is 309 g/mol. The first kappa shape index (κ1) is 11.9. The molecule has 0 aliphatic heterocycles. The Balaban J connectivity index is 1.83. The first-order valence-corrected chi connectivity index (χ1v) is 6.92. The molecule has 18 heavy (non-hydrogen) atoms. The molecule has 2 aromatic heterocycles. The third kappa shape index (κ3) is 2.22. The summed E-state index contributed by atoms with van der Waals surface area (Å²) >= 11 is 3.39. The summed E-state index contributed by atoms with van der Waals surface area (Å²) in [5.41, 5.74) is 7.66. The quantitative estimate of drug-likeness (QED) is 0.936. The van der Waals surface area contributed by atoms with Gasteiger partial charge in [-0.1, -0.05) is 0 Å². The molecule has 1 saturated carbocycles. The lowest BCUT2D eigenvalue weighted by molar-refractivity contribution is 0.311. The van der Waals surface area contributed by atoms with E-state index < -0.39 is 0 Å². The highest BCUT2D eigenvalue weighted by Crippen LogP contribution is 2.25. The first-order valence-electron chi connectivity index (χ1n) is 6.12. The van der Waals surface area contributed by atoms with Crippen molar-refractivity contribution >= 4 is 33.0 Å². The fraction of sp³-hybridized carbons (Fsp3) is 0.500. The van der Waals surface area contributed by atoms with Crippen LogP contribution in [0.5, 0.6) is 0 Å².